The van der Waals surface area contributed by atoms with Crippen LogP contribution < -0.4 is 15.4 Å². The van der Waals surface area contributed by atoms with Crippen LogP contribution in [0.25, 0.3) is 0 Å². The van der Waals surface area contributed by atoms with Crippen molar-refractivity contribution in [1.82, 2.24) is 10.6 Å². The third-order valence-corrected chi connectivity index (χ3v) is 3.78. The molecule has 1 atom stereocenters. The second-order valence-electron chi connectivity index (χ2n) is 5.89. The molecule has 0 spiro atoms. The second kappa shape index (κ2) is 12.5. The van der Waals surface area contributed by atoms with Crippen molar-refractivity contribution in [2.24, 2.45) is 4.99 Å². The summed E-state index contributed by atoms with van der Waals surface area (Å²) in [6, 6.07) is 14.2. The molecule has 0 amide bonds. The van der Waals surface area contributed by atoms with Crippen LogP contribution in [0.5, 0.6) is 5.75 Å². The van der Waals surface area contributed by atoms with Crippen LogP contribution in [0, 0.1) is 5.82 Å². The highest BCUT2D eigenvalue weighted by atomic mass is 127. The van der Waals surface area contributed by atoms with Crippen LogP contribution in [-0.4, -0.2) is 32.8 Å². The average molecular weight is 487 g/mol. The minimum atomic E-state index is -0.310. The molecule has 7 heteroatoms. The van der Waals surface area contributed by atoms with Crippen molar-refractivity contribution in [3.63, 3.8) is 0 Å². The Morgan fingerprint density at radius 3 is 2.52 bits per heavy atom. The van der Waals surface area contributed by atoms with Crippen LogP contribution in [0.15, 0.2) is 53.5 Å². The van der Waals surface area contributed by atoms with Gasteiger partial charge in [-0.05, 0) is 30.2 Å². The van der Waals surface area contributed by atoms with E-state index in [-0.39, 0.29) is 35.9 Å². The van der Waals surface area contributed by atoms with Gasteiger partial charge in [0.05, 0.1) is 13.2 Å². The summed E-state index contributed by atoms with van der Waals surface area (Å²) in [5.74, 6) is 0.873. The predicted octanol–water partition coefficient (Wildman–Crippen LogP) is 3.72. The van der Waals surface area contributed by atoms with Crippen LogP contribution in [0.4, 0.5) is 4.39 Å². The SMILES string of the molecule is CN=C(NCc1ccccc1COC)NCC(C)Oc1cccc(F)c1.I. The number of guanidine groups is 1. The molecule has 0 bridgehead atoms. The maximum atomic E-state index is 13.2. The molecule has 5 nitrogen and oxygen atoms in total. The molecule has 1 unspecified atom stereocenters. The Hall–Kier alpha value is -1.87. The largest absolute Gasteiger partial charge is 0.489 e. The second-order valence-corrected chi connectivity index (χ2v) is 5.89. The third-order valence-electron chi connectivity index (χ3n) is 3.78. The van der Waals surface area contributed by atoms with Crippen molar-refractivity contribution in [3.8, 4) is 5.75 Å². The lowest BCUT2D eigenvalue weighted by atomic mass is 10.1. The fourth-order valence-corrected chi connectivity index (χ4v) is 2.48. The zero-order chi connectivity index (χ0) is 18.8. The number of nitrogens with zero attached hydrogens (tertiary/aromatic N) is 1. The molecule has 2 rings (SSSR count). The Bertz CT molecular complexity index is 728. The highest BCUT2D eigenvalue weighted by Gasteiger charge is 2.07. The smallest absolute Gasteiger partial charge is 0.191 e. The summed E-state index contributed by atoms with van der Waals surface area (Å²) in [4.78, 5) is 4.22. The molecule has 2 aromatic rings. The fourth-order valence-electron chi connectivity index (χ4n) is 2.48. The van der Waals surface area contributed by atoms with E-state index in [1.165, 1.54) is 12.1 Å². The molecule has 2 N–H and O–H groups in total. The lowest BCUT2D eigenvalue weighted by Crippen LogP contribution is -2.41. The lowest BCUT2D eigenvalue weighted by molar-refractivity contribution is 0.184. The maximum Gasteiger partial charge on any atom is 0.191 e. The summed E-state index contributed by atoms with van der Waals surface area (Å²) in [6.07, 6.45) is -0.142. The third kappa shape index (κ3) is 8.13. The van der Waals surface area contributed by atoms with E-state index in [0.29, 0.717) is 31.4 Å². The van der Waals surface area contributed by atoms with Crippen LogP contribution in [0.2, 0.25) is 0 Å². The van der Waals surface area contributed by atoms with E-state index in [0.717, 1.165) is 11.1 Å². The molecular weight excluding hydrogens is 460 g/mol. The Kier molecular flexibility index (Phi) is 10.7. The van der Waals surface area contributed by atoms with E-state index in [4.69, 9.17) is 9.47 Å². The van der Waals surface area contributed by atoms with Gasteiger partial charge < -0.3 is 20.1 Å². The number of ether oxygens (including phenoxy) is 2. The summed E-state index contributed by atoms with van der Waals surface area (Å²) in [5, 5.41) is 6.50. The lowest BCUT2D eigenvalue weighted by Gasteiger charge is -2.18. The highest BCUT2D eigenvalue weighted by molar-refractivity contribution is 14.0. The van der Waals surface area contributed by atoms with Crippen LogP contribution >= 0.6 is 24.0 Å². The van der Waals surface area contributed by atoms with Crippen molar-refractivity contribution < 1.29 is 13.9 Å². The normalized spacial score (nSPS) is 12.1. The first-order valence-corrected chi connectivity index (χ1v) is 8.55. The number of halogens is 2. The van der Waals surface area contributed by atoms with Crippen LogP contribution in [0.1, 0.15) is 18.1 Å². The van der Waals surface area contributed by atoms with Gasteiger partial charge in [0.15, 0.2) is 5.96 Å². The van der Waals surface area contributed by atoms with Gasteiger partial charge in [0.1, 0.15) is 17.7 Å². The molecule has 0 saturated carbocycles. The first kappa shape index (κ1) is 23.2. The summed E-state index contributed by atoms with van der Waals surface area (Å²) < 4.78 is 24.1. The van der Waals surface area contributed by atoms with Gasteiger partial charge in [-0.2, -0.15) is 0 Å². The van der Waals surface area contributed by atoms with Gasteiger partial charge in [-0.25, -0.2) is 4.39 Å². The average Bonchev–Trinajstić information content (AvgIpc) is 2.63. The molecule has 0 heterocycles. The van der Waals surface area contributed by atoms with Gasteiger partial charge in [-0.3, -0.25) is 4.99 Å². The van der Waals surface area contributed by atoms with Crippen LogP contribution in [0.3, 0.4) is 0 Å². The van der Waals surface area contributed by atoms with Crippen LogP contribution in [-0.2, 0) is 17.9 Å². The van der Waals surface area contributed by atoms with Gasteiger partial charge in [0.2, 0.25) is 0 Å². The van der Waals surface area contributed by atoms with Crippen molar-refractivity contribution in [3.05, 3.63) is 65.5 Å². The number of nitrogens with one attached hydrogen (secondary N) is 2. The predicted molar refractivity (Wildman–Crippen MR) is 117 cm³/mol. The fraction of sp³-hybridized carbons (Fsp3) is 0.350. The van der Waals surface area contributed by atoms with Crippen molar-refractivity contribution >= 4 is 29.9 Å². The highest BCUT2D eigenvalue weighted by Crippen LogP contribution is 2.13. The molecule has 0 aliphatic carbocycles. The number of rotatable bonds is 8. The van der Waals surface area contributed by atoms with Crippen molar-refractivity contribution in [2.45, 2.75) is 26.2 Å². The summed E-state index contributed by atoms with van der Waals surface area (Å²) >= 11 is 0. The van der Waals surface area contributed by atoms with E-state index in [1.54, 1.807) is 26.3 Å². The molecule has 27 heavy (non-hydrogen) atoms. The number of hydrogen-bond acceptors (Lipinski definition) is 3. The summed E-state index contributed by atoms with van der Waals surface area (Å²) in [7, 11) is 3.40. The minimum absolute atomic E-state index is 0. The summed E-state index contributed by atoms with van der Waals surface area (Å²) in [5.41, 5.74) is 2.29. The van der Waals surface area contributed by atoms with Crippen molar-refractivity contribution in [1.29, 1.82) is 0 Å². The standard InChI is InChI=1S/C20H26FN3O2.HI/c1-15(26-19-10-6-9-18(21)11-19)12-23-20(22-2)24-13-16-7-4-5-8-17(16)14-25-3;/h4-11,15H,12-14H2,1-3H3,(H2,22,23,24);1H. The van der Waals surface area contributed by atoms with E-state index >= 15 is 0 Å². The molecule has 0 aliphatic heterocycles. The number of aliphatic imine (C=N–C) groups is 1. The number of benzene rings is 2. The molecule has 0 saturated heterocycles. The van der Waals surface area contributed by atoms with Gasteiger partial charge in [0, 0.05) is 26.8 Å². The Morgan fingerprint density at radius 2 is 1.85 bits per heavy atom. The molecule has 0 aliphatic rings. The molecule has 148 valence electrons. The monoisotopic (exact) mass is 487 g/mol. The van der Waals surface area contributed by atoms with Gasteiger partial charge in [0.25, 0.3) is 0 Å². The topological polar surface area (TPSA) is 54.9 Å². The van der Waals surface area contributed by atoms with E-state index in [1.807, 2.05) is 25.1 Å². The van der Waals surface area contributed by atoms with E-state index in [2.05, 4.69) is 21.7 Å². The zero-order valence-corrected chi connectivity index (χ0v) is 18.2. The Labute approximate surface area is 177 Å². The zero-order valence-electron chi connectivity index (χ0n) is 15.9. The van der Waals surface area contributed by atoms with E-state index in [9.17, 15) is 4.39 Å². The number of hydrogen-bond donors (Lipinski definition) is 2. The first-order chi connectivity index (χ1) is 12.6. The minimum Gasteiger partial charge on any atom is -0.489 e. The van der Waals surface area contributed by atoms with Gasteiger partial charge in [-0.15, -0.1) is 24.0 Å². The van der Waals surface area contributed by atoms with Crippen molar-refractivity contribution in [2.75, 3.05) is 20.7 Å². The van der Waals surface area contributed by atoms with E-state index < -0.39 is 0 Å². The Balaban J connectivity index is 0.00000364. The molecule has 0 radical (unpaired) electrons. The number of methoxy groups -OCH3 is 1. The molecule has 0 fully saturated rings. The molecule has 2 aromatic carbocycles. The molecule has 0 aromatic heterocycles. The first-order valence-electron chi connectivity index (χ1n) is 8.55. The maximum absolute atomic E-state index is 13.2. The Morgan fingerprint density at radius 1 is 1.11 bits per heavy atom. The quantitative estimate of drug-likeness (QED) is 0.339. The van der Waals surface area contributed by atoms with Gasteiger partial charge in [-0.1, -0.05) is 30.3 Å². The van der Waals surface area contributed by atoms with Gasteiger partial charge >= 0.3 is 0 Å². The molecular formula is C20H27FIN3O2. The summed E-state index contributed by atoms with van der Waals surface area (Å²) in [6.45, 7) is 3.66.